The number of fused-ring (bicyclic) bond motifs is 1. The van der Waals surface area contributed by atoms with E-state index >= 15 is 0 Å². The summed E-state index contributed by atoms with van der Waals surface area (Å²) < 4.78 is 1.81. The van der Waals surface area contributed by atoms with E-state index in [0.29, 0.717) is 10.8 Å². The second-order valence-electron chi connectivity index (χ2n) is 7.86. The van der Waals surface area contributed by atoms with Gasteiger partial charge in [0.2, 0.25) is 5.91 Å². The molecule has 0 aliphatic heterocycles. The van der Waals surface area contributed by atoms with Crippen molar-refractivity contribution < 1.29 is 4.79 Å². The lowest BCUT2D eigenvalue weighted by Gasteiger charge is -2.13. The molecule has 0 saturated heterocycles. The molecule has 1 amide bonds. The van der Waals surface area contributed by atoms with Crippen molar-refractivity contribution in [3.05, 3.63) is 77.6 Å². The predicted octanol–water partition coefficient (Wildman–Crippen LogP) is 5.31. The van der Waals surface area contributed by atoms with Gasteiger partial charge in [0, 0.05) is 18.0 Å². The first kappa shape index (κ1) is 22.2. The van der Waals surface area contributed by atoms with Gasteiger partial charge < -0.3 is 0 Å². The topological polar surface area (TPSA) is 76.8 Å². The summed E-state index contributed by atoms with van der Waals surface area (Å²) in [5.41, 5.74) is 5.98. The third-order valence-corrected chi connectivity index (χ3v) is 7.53. The molecule has 0 spiro atoms. The first-order valence-corrected chi connectivity index (χ1v) is 12.5. The average molecular weight is 487 g/mol. The monoisotopic (exact) mass is 486 g/mol. The number of aryl methyl sites for hydroxylation is 2. The molecule has 0 bridgehead atoms. The molecule has 0 radical (unpaired) electrons. The van der Waals surface area contributed by atoms with E-state index < -0.39 is 0 Å². The summed E-state index contributed by atoms with van der Waals surface area (Å²) in [6.07, 6.45) is 3.28. The molecule has 170 valence electrons. The lowest BCUT2D eigenvalue weighted by atomic mass is 10.1. The van der Waals surface area contributed by atoms with E-state index in [-0.39, 0.29) is 11.7 Å². The second kappa shape index (κ2) is 9.36. The number of nitrogens with zero attached hydrogens (tertiary/aromatic N) is 6. The zero-order chi connectivity index (χ0) is 23.7. The van der Waals surface area contributed by atoms with Crippen molar-refractivity contribution in [2.45, 2.75) is 18.9 Å². The molecule has 7 nitrogen and oxygen atoms in total. The first-order valence-electron chi connectivity index (χ1n) is 10.7. The van der Waals surface area contributed by atoms with Crippen LogP contribution in [0.3, 0.4) is 0 Å². The van der Waals surface area contributed by atoms with Gasteiger partial charge in [-0.1, -0.05) is 48.2 Å². The lowest BCUT2D eigenvalue weighted by Crippen LogP contribution is -2.27. The number of amides is 1. The van der Waals surface area contributed by atoms with Crippen LogP contribution in [0.5, 0.6) is 0 Å². The minimum atomic E-state index is -0.0488. The van der Waals surface area contributed by atoms with Crippen LogP contribution in [0.25, 0.3) is 28.0 Å². The van der Waals surface area contributed by atoms with E-state index in [1.165, 1.54) is 40.6 Å². The predicted molar refractivity (Wildman–Crippen MR) is 138 cm³/mol. The molecule has 3 aromatic heterocycles. The third kappa shape index (κ3) is 4.32. The van der Waals surface area contributed by atoms with Crippen molar-refractivity contribution in [2.24, 2.45) is 0 Å². The molecule has 0 atom stereocenters. The molecule has 0 fully saturated rings. The van der Waals surface area contributed by atoms with Crippen molar-refractivity contribution >= 4 is 45.2 Å². The molecule has 0 saturated carbocycles. The Balaban J connectivity index is 1.32. The Morgan fingerprint density at radius 2 is 1.91 bits per heavy atom. The summed E-state index contributed by atoms with van der Waals surface area (Å²) in [5, 5.41) is 8.72. The van der Waals surface area contributed by atoms with Gasteiger partial charge in [-0.3, -0.25) is 9.69 Å². The number of anilines is 1. The Kier molecular flexibility index (Phi) is 6.12. The Hall–Kier alpha value is -3.56. The van der Waals surface area contributed by atoms with Crippen LogP contribution in [0.1, 0.15) is 11.1 Å². The summed E-state index contributed by atoms with van der Waals surface area (Å²) >= 11 is 2.83. The van der Waals surface area contributed by atoms with Crippen molar-refractivity contribution in [3.63, 3.8) is 0 Å². The number of hydrogen-bond acceptors (Lipinski definition) is 7. The normalized spacial score (nSPS) is 11.1. The summed E-state index contributed by atoms with van der Waals surface area (Å²) in [7, 11) is 1.75. The maximum atomic E-state index is 12.9. The van der Waals surface area contributed by atoms with Crippen LogP contribution < -0.4 is 4.90 Å². The van der Waals surface area contributed by atoms with E-state index in [4.69, 9.17) is 0 Å². The van der Waals surface area contributed by atoms with Gasteiger partial charge in [0.05, 0.1) is 28.7 Å². The summed E-state index contributed by atoms with van der Waals surface area (Å²) in [6.45, 7) is 4.16. The largest absolute Gasteiger partial charge is 0.291 e. The quantitative estimate of drug-likeness (QED) is 0.239. The van der Waals surface area contributed by atoms with Crippen LogP contribution in [-0.2, 0) is 4.79 Å². The lowest BCUT2D eigenvalue weighted by molar-refractivity contribution is -0.115. The molecule has 34 heavy (non-hydrogen) atoms. The van der Waals surface area contributed by atoms with E-state index in [0.717, 1.165) is 27.4 Å². The maximum absolute atomic E-state index is 12.9. The molecule has 3 heterocycles. The molecule has 0 unspecified atom stereocenters. The number of carbonyl (C=O) groups excluding carboxylic acids is 1. The van der Waals surface area contributed by atoms with Crippen LogP contribution in [0.15, 0.2) is 71.5 Å². The van der Waals surface area contributed by atoms with Crippen LogP contribution >= 0.6 is 23.1 Å². The van der Waals surface area contributed by atoms with Crippen LogP contribution in [0.4, 0.5) is 5.13 Å². The van der Waals surface area contributed by atoms with Crippen molar-refractivity contribution in [2.75, 3.05) is 17.7 Å². The van der Waals surface area contributed by atoms with Crippen molar-refractivity contribution in [1.29, 1.82) is 0 Å². The third-order valence-electron chi connectivity index (χ3n) is 5.62. The van der Waals surface area contributed by atoms with Gasteiger partial charge in [-0.15, -0.1) is 11.3 Å². The summed E-state index contributed by atoms with van der Waals surface area (Å²) in [5.74, 6) is 0.185. The van der Waals surface area contributed by atoms with Gasteiger partial charge >= 0.3 is 0 Å². The minimum absolute atomic E-state index is 0.0488. The molecule has 9 heteroatoms. The molecule has 0 aliphatic carbocycles. The van der Waals surface area contributed by atoms with Gasteiger partial charge in [-0.05, 0) is 37.1 Å². The van der Waals surface area contributed by atoms with Gasteiger partial charge in [-0.2, -0.15) is 5.10 Å². The summed E-state index contributed by atoms with van der Waals surface area (Å²) in [4.78, 5) is 28.0. The molecule has 2 aromatic carbocycles. The second-order valence-corrected chi connectivity index (χ2v) is 9.66. The average Bonchev–Trinajstić information content (AvgIpc) is 3.52. The van der Waals surface area contributed by atoms with Crippen molar-refractivity contribution in [1.82, 2.24) is 24.7 Å². The number of thiazole rings is 1. The molecule has 5 rings (SSSR count). The number of aromatic nitrogens is 5. The smallest absolute Gasteiger partial charge is 0.238 e. The van der Waals surface area contributed by atoms with Gasteiger partial charge in [-0.25, -0.2) is 19.6 Å². The molecular weight excluding hydrogens is 464 g/mol. The Labute approximate surface area is 205 Å². The number of thioether (sulfide) groups is 1. The van der Waals surface area contributed by atoms with E-state index in [2.05, 4.69) is 46.0 Å². The van der Waals surface area contributed by atoms with E-state index in [9.17, 15) is 4.79 Å². The number of hydrogen-bond donors (Lipinski definition) is 0. The molecular formula is C25H22N6OS2. The Bertz CT molecular complexity index is 1480. The van der Waals surface area contributed by atoms with E-state index in [1.807, 2.05) is 46.5 Å². The zero-order valence-corrected chi connectivity index (χ0v) is 20.6. The molecule has 0 aliphatic rings. The molecule has 5 aromatic rings. The minimum Gasteiger partial charge on any atom is -0.291 e. The highest BCUT2D eigenvalue weighted by Crippen LogP contribution is 2.29. The fourth-order valence-corrected chi connectivity index (χ4v) is 5.17. The highest BCUT2D eigenvalue weighted by Gasteiger charge is 2.18. The summed E-state index contributed by atoms with van der Waals surface area (Å²) in [6, 6.07) is 16.1. The Morgan fingerprint density at radius 1 is 1.09 bits per heavy atom. The van der Waals surface area contributed by atoms with Crippen LogP contribution in [0.2, 0.25) is 0 Å². The standard InChI is InChI=1S/C25H22N6OS2/c1-16-9-10-19(11-17(16)2)31-23-20(12-28-31)24(27-15-26-23)33-14-22(32)30(3)25-29-21(13-34-25)18-7-5-4-6-8-18/h4-13,15H,14H2,1-3H3. The maximum Gasteiger partial charge on any atom is 0.238 e. The molecule has 0 N–H and O–H groups in total. The first-order chi connectivity index (χ1) is 16.5. The number of benzene rings is 2. The van der Waals surface area contributed by atoms with Gasteiger partial charge in [0.1, 0.15) is 11.4 Å². The number of rotatable bonds is 6. The SMILES string of the molecule is Cc1ccc(-n2ncc3c(SCC(=O)N(C)c4nc(-c5ccccc5)cs4)ncnc32)cc1C. The van der Waals surface area contributed by atoms with Crippen molar-refractivity contribution in [3.8, 4) is 16.9 Å². The zero-order valence-electron chi connectivity index (χ0n) is 19.0. The van der Waals surface area contributed by atoms with Gasteiger partial charge in [0.25, 0.3) is 0 Å². The number of carbonyl (C=O) groups is 1. The van der Waals surface area contributed by atoms with E-state index in [1.54, 1.807) is 18.1 Å². The Morgan fingerprint density at radius 3 is 2.71 bits per heavy atom. The highest BCUT2D eigenvalue weighted by atomic mass is 32.2. The van der Waals surface area contributed by atoms with Crippen LogP contribution in [-0.4, -0.2) is 43.4 Å². The fraction of sp³-hybridized carbons (Fsp3) is 0.160. The van der Waals surface area contributed by atoms with Gasteiger partial charge in [0.15, 0.2) is 10.8 Å². The highest BCUT2D eigenvalue weighted by molar-refractivity contribution is 8.00. The fourth-order valence-electron chi connectivity index (χ4n) is 3.48. The van der Waals surface area contributed by atoms with Crippen LogP contribution in [0, 0.1) is 13.8 Å².